The number of aliphatic hydroxyl groups excluding tert-OH is 4. The number of Topliss-reactive ketones (excluding diaryl/α,β-unsaturated/α-hetero) is 1. The van der Waals surface area contributed by atoms with Gasteiger partial charge in [-0.3, -0.25) is 9.59 Å². The molecule has 0 radical (unpaired) electrons. The number of ketones is 1. The molecule has 0 aromatic rings. The maximum atomic E-state index is 14.0. The largest absolute Gasteiger partial charge is 0.459 e. The Labute approximate surface area is 298 Å². The molecule has 3 rings (SSSR count). The number of hydrogen-bond acceptors (Lipinski definition) is 14. The van der Waals surface area contributed by atoms with Crippen LogP contribution in [0.5, 0.6) is 0 Å². The van der Waals surface area contributed by atoms with E-state index in [1.807, 2.05) is 32.8 Å². The molecule has 8 unspecified atom stereocenters. The van der Waals surface area contributed by atoms with Crippen LogP contribution in [-0.4, -0.2) is 150 Å². The van der Waals surface area contributed by atoms with Crippen LogP contribution >= 0.6 is 0 Å². The average Bonchev–Trinajstić information content (AvgIpc) is 3.08. The van der Waals surface area contributed by atoms with Crippen molar-refractivity contribution in [2.45, 2.75) is 172 Å². The molecule has 3 aliphatic rings. The van der Waals surface area contributed by atoms with Crippen LogP contribution in [0.15, 0.2) is 0 Å². The summed E-state index contributed by atoms with van der Waals surface area (Å²) in [5.74, 6) is -3.67. The third-order valence-corrected chi connectivity index (χ3v) is 11.6. The fraction of sp³-hybridized carbons (Fsp3) is 0.944. The minimum Gasteiger partial charge on any atom is -0.459 e. The molecule has 0 spiro atoms. The Morgan fingerprint density at radius 2 is 1.48 bits per heavy atom. The highest BCUT2D eigenvalue weighted by Crippen LogP contribution is 2.40. The van der Waals surface area contributed by atoms with E-state index >= 15 is 0 Å². The molecule has 0 bridgehead atoms. The van der Waals surface area contributed by atoms with E-state index in [2.05, 4.69) is 0 Å². The van der Waals surface area contributed by atoms with Gasteiger partial charge in [-0.05, 0) is 68.0 Å². The highest BCUT2D eigenvalue weighted by Gasteiger charge is 2.52. The van der Waals surface area contributed by atoms with E-state index in [-0.39, 0.29) is 43.6 Å². The molecule has 17 atom stereocenters. The second-order valence-corrected chi connectivity index (χ2v) is 15.5. The smallest absolute Gasteiger partial charge is 0.311 e. The van der Waals surface area contributed by atoms with E-state index in [1.165, 1.54) is 21.1 Å². The van der Waals surface area contributed by atoms with Crippen molar-refractivity contribution in [2.24, 2.45) is 17.8 Å². The highest BCUT2D eigenvalue weighted by molar-refractivity contribution is 5.81. The first-order chi connectivity index (χ1) is 23.2. The monoisotopic (exact) mass is 719 g/mol. The van der Waals surface area contributed by atoms with Gasteiger partial charge >= 0.3 is 5.97 Å². The summed E-state index contributed by atoms with van der Waals surface area (Å²) >= 11 is 0. The molecule has 0 aromatic heterocycles. The van der Waals surface area contributed by atoms with Gasteiger partial charge in [-0.25, -0.2) is 0 Å². The standard InChI is InChI=1S/C36H65NO13/c1-13-25-29(41)27(39)19(3)24(38)14-15-35(7,44-11)32(50-34-28(40)23(37(9)10)16-18(2)46-34)20(4)30(21(5)33(43)48-25)49-26-17-36(8,45-12)31(42)22(6)47-26/h18-23,25-32,34,39-42H,13-17H2,1-12H3/t18?,19-,20-,21+,22?,23?,25+,26?,27+,28?,29+,30-,31?,32+,34?,35+,36?/m0/s1. The lowest BCUT2D eigenvalue weighted by atomic mass is 9.78. The Balaban J connectivity index is 2.16. The van der Waals surface area contributed by atoms with Gasteiger partial charge in [0, 0.05) is 44.9 Å². The van der Waals surface area contributed by atoms with Crippen molar-refractivity contribution in [2.75, 3.05) is 28.3 Å². The maximum Gasteiger partial charge on any atom is 0.311 e. The van der Waals surface area contributed by atoms with E-state index in [1.54, 1.807) is 34.6 Å². The van der Waals surface area contributed by atoms with Crippen molar-refractivity contribution < 1.29 is 63.2 Å². The van der Waals surface area contributed by atoms with Crippen molar-refractivity contribution in [3.63, 3.8) is 0 Å². The van der Waals surface area contributed by atoms with Crippen LogP contribution in [0.2, 0.25) is 0 Å². The van der Waals surface area contributed by atoms with Gasteiger partial charge in [-0.2, -0.15) is 0 Å². The number of esters is 1. The lowest BCUT2D eigenvalue weighted by Crippen LogP contribution is -2.60. The Kier molecular flexibility index (Phi) is 15.2. The van der Waals surface area contributed by atoms with E-state index in [0.717, 1.165) is 0 Å². The Morgan fingerprint density at radius 3 is 2.04 bits per heavy atom. The van der Waals surface area contributed by atoms with Gasteiger partial charge < -0.3 is 58.5 Å². The molecule has 0 amide bonds. The quantitative estimate of drug-likeness (QED) is 0.267. The molecule has 3 fully saturated rings. The van der Waals surface area contributed by atoms with Crippen molar-refractivity contribution in [1.29, 1.82) is 0 Å². The van der Waals surface area contributed by atoms with Gasteiger partial charge in [0.1, 0.15) is 30.2 Å². The summed E-state index contributed by atoms with van der Waals surface area (Å²) in [5, 5.41) is 44.5. The zero-order valence-corrected chi connectivity index (χ0v) is 32.1. The Bertz CT molecular complexity index is 1110. The van der Waals surface area contributed by atoms with Crippen LogP contribution < -0.4 is 0 Å². The van der Waals surface area contributed by atoms with Crippen LogP contribution in [0.4, 0.5) is 0 Å². The Morgan fingerprint density at radius 1 is 0.860 bits per heavy atom. The minimum absolute atomic E-state index is 0.0301. The molecule has 50 heavy (non-hydrogen) atoms. The van der Waals surface area contributed by atoms with Crippen LogP contribution in [-0.2, 0) is 42.7 Å². The molecular weight excluding hydrogens is 654 g/mol. The summed E-state index contributed by atoms with van der Waals surface area (Å²) in [4.78, 5) is 29.4. The molecule has 4 N–H and O–H groups in total. The second-order valence-electron chi connectivity index (χ2n) is 15.5. The number of ether oxygens (including phenoxy) is 7. The summed E-state index contributed by atoms with van der Waals surface area (Å²) < 4.78 is 43.4. The molecule has 292 valence electrons. The van der Waals surface area contributed by atoms with Crippen molar-refractivity contribution in [1.82, 2.24) is 4.90 Å². The number of likely N-dealkylation sites (N-methyl/N-ethyl adjacent to an activating group) is 1. The van der Waals surface area contributed by atoms with E-state index in [0.29, 0.717) is 6.42 Å². The van der Waals surface area contributed by atoms with Crippen LogP contribution in [0.1, 0.15) is 87.5 Å². The van der Waals surface area contributed by atoms with Gasteiger partial charge in [0.15, 0.2) is 12.6 Å². The number of carbonyl (C=O) groups is 2. The fourth-order valence-electron chi connectivity index (χ4n) is 7.71. The molecule has 0 saturated carbocycles. The van der Waals surface area contributed by atoms with Crippen molar-refractivity contribution in [3.8, 4) is 0 Å². The van der Waals surface area contributed by atoms with Crippen molar-refractivity contribution >= 4 is 11.8 Å². The first-order valence-electron chi connectivity index (χ1n) is 18.1. The lowest BCUT2D eigenvalue weighted by Gasteiger charge is -2.49. The topological polar surface area (TPSA) is 183 Å². The zero-order chi connectivity index (χ0) is 37.9. The molecule has 14 nitrogen and oxygen atoms in total. The van der Waals surface area contributed by atoms with Gasteiger partial charge in [-0.15, -0.1) is 0 Å². The predicted octanol–water partition coefficient (Wildman–Crippen LogP) is 1.80. The highest BCUT2D eigenvalue weighted by atomic mass is 16.7. The number of aliphatic hydroxyl groups is 4. The molecule has 14 heteroatoms. The molecule has 3 saturated heterocycles. The molecular formula is C36H65NO13. The summed E-state index contributed by atoms with van der Waals surface area (Å²) in [7, 11) is 6.75. The molecule has 0 aromatic carbocycles. The van der Waals surface area contributed by atoms with Crippen LogP contribution in [0, 0.1) is 17.8 Å². The number of carbonyl (C=O) groups excluding carboxylic acids is 2. The zero-order valence-electron chi connectivity index (χ0n) is 32.1. The summed E-state index contributed by atoms with van der Waals surface area (Å²) in [6.07, 6.45) is -9.97. The summed E-state index contributed by atoms with van der Waals surface area (Å²) in [6, 6.07) is -0.274. The predicted molar refractivity (Wildman–Crippen MR) is 182 cm³/mol. The normalized spacial score (nSPS) is 47.5. The summed E-state index contributed by atoms with van der Waals surface area (Å²) in [5.41, 5.74) is -2.23. The van der Waals surface area contributed by atoms with Gasteiger partial charge in [-0.1, -0.05) is 20.8 Å². The number of methoxy groups -OCH3 is 2. The molecule has 0 aliphatic carbocycles. The third-order valence-electron chi connectivity index (χ3n) is 11.6. The number of hydrogen-bond donors (Lipinski definition) is 4. The summed E-state index contributed by atoms with van der Waals surface area (Å²) in [6.45, 7) is 13.9. The van der Waals surface area contributed by atoms with Crippen LogP contribution in [0.25, 0.3) is 0 Å². The number of rotatable bonds is 8. The fourth-order valence-corrected chi connectivity index (χ4v) is 7.71. The first kappa shape index (κ1) is 43.1. The number of nitrogens with zero attached hydrogens (tertiary/aromatic N) is 1. The second kappa shape index (κ2) is 17.7. The Hall–Kier alpha value is -1.30. The average molecular weight is 720 g/mol. The first-order valence-corrected chi connectivity index (χ1v) is 18.1. The van der Waals surface area contributed by atoms with Gasteiger partial charge in [0.05, 0.1) is 47.6 Å². The molecule has 3 aliphatic heterocycles. The third kappa shape index (κ3) is 9.43. The van der Waals surface area contributed by atoms with E-state index in [9.17, 15) is 30.0 Å². The SMILES string of the molecule is CC[C@H]1OC(=O)[C@H](C)[C@@H](OC2CC(C)(OC)C(O)C(C)O2)[C@H](C)[C@@H](OC2OC(C)CC(N(C)C)C2O)[C@](C)(OC)CCC(=O)[C@H](C)[C@@H](O)[C@@H]1O. The van der Waals surface area contributed by atoms with E-state index in [4.69, 9.17) is 33.2 Å². The number of cyclic esters (lactones) is 1. The van der Waals surface area contributed by atoms with Crippen LogP contribution in [0.3, 0.4) is 0 Å². The van der Waals surface area contributed by atoms with Crippen molar-refractivity contribution in [3.05, 3.63) is 0 Å². The maximum absolute atomic E-state index is 14.0. The van der Waals surface area contributed by atoms with Gasteiger partial charge in [0.2, 0.25) is 0 Å². The minimum atomic E-state index is -1.51. The molecule has 3 heterocycles. The van der Waals surface area contributed by atoms with Gasteiger partial charge in [0.25, 0.3) is 0 Å². The van der Waals surface area contributed by atoms with E-state index < -0.39 is 96.3 Å². The lowest BCUT2D eigenvalue weighted by molar-refractivity contribution is -0.318.